The SMILES string of the molecule is CCCCn1c(N)c(N(CCC)C(=O)[C@@H]2[C@@H](C=C(C)C)C2(C)C)c(=O)[nH]c1=O. The number of unbranched alkanes of at least 4 members (excludes halogenated alkanes) is 1. The summed E-state index contributed by atoms with van der Waals surface area (Å²) in [7, 11) is 0. The van der Waals surface area contributed by atoms with Gasteiger partial charge in [0.2, 0.25) is 5.91 Å². The summed E-state index contributed by atoms with van der Waals surface area (Å²) in [6.07, 6.45) is 4.45. The Morgan fingerprint density at radius 2 is 1.89 bits per heavy atom. The molecule has 0 bridgehead atoms. The summed E-state index contributed by atoms with van der Waals surface area (Å²) in [6, 6.07) is 0. The molecule has 0 aliphatic heterocycles. The van der Waals surface area contributed by atoms with Crippen LogP contribution in [0.2, 0.25) is 0 Å². The van der Waals surface area contributed by atoms with Gasteiger partial charge in [0, 0.05) is 13.1 Å². The Kier molecular flexibility index (Phi) is 6.57. The molecule has 1 aliphatic carbocycles. The summed E-state index contributed by atoms with van der Waals surface area (Å²) in [5, 5.41) is 0. The van der Waals surface area contributed by atoms with Crippen molar-refractivity contribution in [1.29, 1.82) is 0 Å². The number of amides is 1. The van der Waals surface area contributed by atoms with Gasteiger partial charge in [-0.05, 0) is 38.0 Å². The number of carbonyl (C=O) groups is 1. The molecule has 0 spiro atoms. The third kappa shape index (κ3) is 4.08. The second-order valence-electron chi connectivity index (χ2n) is 8.56. The molecule has 1 fully saturated rings. The van der Waals surface area contributed by atoms with Gasteiger partial charge in [-0.15, -0.1) is 0 Å². The Morgan fingerprint density at radius 1 is 1.25 bits per heavy atom. The Bertz CT molecular complexity index is 875. The lowest BCUT2D eigenvalue weighted by Crippen LogP contribution is -2.42. The molecule has 2 rings (SSSR count). The van der Waals surface area contributed by atoms with Crippen LogP contribution >= 0.6 is 0 Å². The molecule has 1 aromatic heterocycles. The number of rotatable bonds is 8. The highest BCUT2D eigenvalue weighted by Crippen LogP contribution is 2.60. The number of anilines is 2. The average molecular weight is 391 g/mol. The van der Waals surface area contributed by atoms with Crippen LogP contribution in [0.1, 0.15) is 60.8 Å². The lowest BCUT2D eigenvalue weighted by molar-refractivity contribution is -0.120. The molecule has 1 saturated carbocycles. The third-order valence-corrected chi connectivity index (χ3v) is 5.62. The maximum Gasteiger partial charge on any atom is 0.330 e. The van der Waals surface area contributed by atoms with Crippen LogP contribution in [0.4, 0.5) is 11.5 Å². The van der Waals surface area contributed by atoms with Crippen LogP contribution in [0.5, 0.6) is 0 Å². The minimum absolute atomic E-state index is 0.0706. The van der Waals surface area contributed by atoms with E-state index in [0.29, 0.717) is 19.5 Å². The minimum atomic E-state index is -0.603. The highest BCUT2D eigenvalue weighted by molar-refractivity contribution is 5.99. The molecule has 2 atom stereocenters. The van der Waals surface area contributed by atoms with E-state index in [1.54, 1.807) is 0 Å². The van der Waals surface area contributed by atoms with Gasteiger partial charge < -0.3 is 10.6 Å². The van der Waals surface area contributed by atoms with Crippen molar-refractivity contribution in [3.05, 3.63) is 32.5 Å². The standard InChI is InChI=1S/C21H34N4O3/c1-7-9-11-25-17(22)16(18(26)23-20(25)28)24(10-8-2)19(27)15-14(12-13(3)4)21(15,5)6/h12,14-15H,7-11,22H2,1-6H3,(H,23,26,28)/t14-,15+/m1/s1. The Labute approximate surface area is 166 Å². The second kappa shape index (κ2) is 8.37. The van der Waals surface area contributed by atoms with Gasteiger partial charge in [0.1, 0.15) is 5.82 Å². The summed E-state index contributed by atoms with van der Waals surface area (Å²) in [4.78, 5) is 42.1. The topological polar surface area (TPSA) is 101 Å². The second-order valence-corrected chi connectivity index (χ2v) is 8.56. The summed E-state index contributed by atoms with van der Waals surface area (Å²) >= 11 is 0. The monoisotopic (exact) mass is 390 g/mol. The van der Waals surface area contributed by atoms with Crippen molar-refractivity contribution in [2.75, 3.05) is 17.2 Å². The van der Waals surface area contributed by atoms with Crippen LogP contribution < -0.4 is 21.9 Å². The van der Waals surface area contributed by atoms with Crippen LogP contribution in [0.15, 0.2) is 21.2 Å². The van der Waals surface area contributed by atoms with Crippen LogP contribution in [0.3, 0.4) is 0 Å². The van der Waals surface area contributed by atoms with Gasteiger partial charge in [0.25, 0.3) is 5.56 Å². The summed E-state index contributed by atoms with van der Waals surface area (Å²) in [5.41, 5.74) is 6.20. The predicted octanol–water partition coefficient (Wildman–Crippen LogP) is 2.90. The molecule has 1 aliphatic rings. The Morgan fingerprint density at radius 3 is 2.43 bits per heavy atom. The van der Waals surface area contributed by atoms with E-state index in [0.717, 1.165) is 12.8 Å². The van der Waals surface area contributed by atoms with E-state index in [9.17, 15) is 14.4 Å². The lowest BCUT2D eigenvalue weighted by atomic mass is 10.1. The third-order valence-electron chi connectivity index (χ3n) is 5.62. The molecule has 0 unspecified atom stereocenters. The van der Waals surface area contributed by atoms with E-state index in [4.69, 9.17) is 5.73 Å². The first kappa shape index (κ1) is 22.0. The van der Waals surface area contributed by atoms with E-state index in [1.807, 2.05) is 27.7 Å². The fourth-order valence-corrected chi connectivity index (χ4v) is 3.92. The van der Waals surface area contributed by atoms with E-state index >= 15 is 0 Å². The van der Waals surface area contributed by atoms with Crippen LogP contribution in [-0.2, 0) is 11.3 Å². The number of hydrogen-bond donors (Lipinski definition) is 2. The maximum atomic E-state index is 13.4. The van der Waals surface area contributed by atoms with E-state index in [1.165, 1.54) is 15.0 Å². The van der Waals surface area contributed by atoms with Crippen molar-refractivity contribution in [2.45, 2.75) is 67.3 Å². The number of allylic oxidation sites excluding steroid dienone is 2. The highest BCUT2D eigenvalue weighted by Gasteiger charge is 2.61. The molecule has 0 saturated heterocycles. The van der Waals surface area contributed by atoms with E-state index < -0.39 is 11.2 Å². The predicted molar refractivity (Wildman–Crippen MR) is 113 cm³/mol. The van der Waals surface area contributed by atoms with Crippen LogP contribution in [-0.4, -0.2) is 22.0 Å². The quantitative estimate of drug-likeness (QED) is 0.666. The maximum absolute atomic E-state index is 13.4. The Hall–Kier alpha value is -2.31. The Balaban J connectivity index is 2.50. The van der Waals surface area contributed by atoms with Gasteiger partial charge in [0.05, 0.1) is 5.92 Å². The molecule has 3 N–H and O–H groups in total. The smallest absolute Gasteiger partial charge is 0.330 e. The zero-order valence-electron chi connectivity index (χ0n) is 18.0. The molecule has 1 heterocycles. The first-order valence-electron chi connectivity index (χ1n) is 10.2. The summed E-state index contributed by atoms with van der Waals surface area (Å²) in [5.74, 6) is -0.104. The van der Waals surface area contributed by atoms with Gasteiger partial charge in [-0.3, -0.25) is 19.1 Å². The minimum Gasteiger partial charge on any atom is -0.383 e. The van der Waals surface area contributed by atoms with Gasteiger partial charge in [-0.1, -0.05) is 45.8 Å². The first-order valence-corrected chi connectivity index (χ1v) is 10.2. The number of nitrogens with one attached hydrogen (secondary N) is 1. The van der Waals surface area contributed by atoms with Crippen molar-refractivity contribution >= 4 is 17.4 Å². The fraction of sp³-hybridized carbons (Fsp3) is 0.667. The number of nitrogens with two attached hydrogens (primary N) is 1. The molecule has 156 valence electrons. The summed E-state index contributed by atoms with van der Waals surface area (Å²) < 4.78 is 1.36. The molecule has 0 aromatic carbocycles. The van der Waals surface area contributed by atoms with Crippen molar-refractivity contribution < 1.29 is 4.79 Å². The van der Waals surface area contributed by atoms with Gasteiger partial charge >= 0.3 is 5.69 Å². The van der Waals surface area contributed by atoms with Crippen LogP contribution in [0, 0.1) is 17.3 Å². The molecule has 7 heteroatoms. The number of hydrogen-bond acceptors (Lipinski definition) is 4. The lowest BCUT2D eigenvalue weighted by Gasteiger charge is -2.25. The van der Waals surface area contributed by atoms with Crippen molar-refractivity contribution in [3.8, 4) is 0 Å². The molecule has 7 nitrogen and oxygen atoms in total. The van der Waals surface area contributed by atoms with Crippen molar-refractivity contribution in [2.24, 2.45) is 17.3 Å². The first-order chi connectivity index (χ1) is 13.1. The molecular weight excluding hydrogens is 356 g/mol. The van der Waals surface area contributed by atoms with Crippen molar-refractivity contribution in [3.63, 3.8) is 0 Å². The number of H-pyrrole nitrogens is 1. The van der Waals surface area contributed by atoms with E-state index in [2.05, 4.69) is 24.9 Å². The number of aromatic amines is 1. The zero-order chi connectivity index (χ0) is 21.2. The zero-order valence-corrected chi connectivity index (χ0v) is 18.0. The molecular formula is C21H34N4O3. The normalized spacial score (nSPS) is 19.9. The number of aromatic nitrogens is 2. The summed E-state index contributed by atoms with van der Waals surface area (Å²) in [6.45, 7) is 12.9. The molecule has 0 radical (unpaired) electrons. The fourth-order valence-electron chi connectivity index (χ4n) is 3.92. The van der Waals surface area contributed by atoms with Gasteiger partial charge in [-0.25, -0.2) is 4.79 Å². The van der Waals surface area contributed by atoms with Crippen molar-refractivity contribution in [1.82, 2.24) is 9.55 Å². The molecule has 28 heavy (non-hydrogen) atoms. The highest BCUT2D eigenvalue weighted by atomic mass is 16.2. The van der Waals surface area contributed by atoms with Gasteiger partial charge in [0.15, 0.2) is 5.69 Å². The molecule has 1 aromatic rings. The number of nitrogen functional groups attached to an aromatic ring is 1. The largest absolute Gasteiger partial charge is 0.383 e. The number of carbonyl (C=O) groups excluding carboxylic acids is 1. The van der Waals surface area contributed by atoms with Gasteiger partial charge in [-0.2, -0.15) is 0 Å². The average Bonchev–Trinajstić information content (AvgIpc) is 3.12. The van der Waals surface area contributed by atoms with Crippen LogP contribution in [0.25, 0.3) is 0 Å². The number of nitrogens with zero attached hydrogens (tertiary/aromatic N) is 2. The van der Waals surface area contributed by atoms with E-state index in [-0.39, 0.29) is 34.7 Å². The molecule has 1 amide bonds.